The van der Waals surface area contributed by atoms with Crippen molar-refractivity contribution in [3.8, 4) is 0 Å². The molecule has 0 bridgehead atoms. The maximum atomic E-state index is 3.31. The first kappa shape index (κ1) is 17.3. The van der Waals surface area contributed by atoms with E-state index in [1.54, 1.807) is 0 Å². The van der Waals surface area contributed by atoms with E-state index in [-0.39, 0.29) is 0 Å². The number of benzene rings is 1. The summed E-state index contributed by atoms with van der Waals surface area (Å²) in [5, 5.41) is 6.57. The van der Waals surface area contributed by atoms with E-state index in [9.17, 15) is 0 Å². The third kappa shape index (κ3) is 5.30. The van der Waals surface area contributed by atoms with Crippen molar-refractivity contribution < 1.29 is 67.9 Å². The molecule has 0 atom stereocenters. The second-order valence-electron chi connectivity index (χ2n) is 4.63. The van der Waals surface area contributed by atoms with Gasteiger partial charge in [-0.2, -0.15) is 0 Å². The number of rotatable bonds is 0. The van der Waals surface area contributed by atoms with Crippen LogP contribution < -0.4 is 10.6 Å². The van der Waals surface area contributed by atoms with Gasteiger partial charge in [-0.3, -0.25) is 0 Å². The SMILES string of the molecule is [V]=[C]1CCC[C](=[V])N1.[V]=[C]1Cc2ccccc2[C](=[V])N1. The zero-order valence-electron chi connectivity index (χ0n) is 10.9. The van der Waals surface area contributed by atoms with Crippen molar-refractivity contribution in [2.24, 2.45) is 0 Å². The fourth-order valence-electron chi connectivity index (χ4n) is 2.05. The molecule has 1 aromatic rings. The third-order valence-electron chi connectivity index (χ3n) is 3.01. The van der Waals surface area contributed by atoms with Crippen molar-refractivity contribution in [3.63, 3.8) is 0 Å². The predicted molar refractivity (Wildman–Crippen MR) is 69.4 cm³/mol. The van der Waals surface area contributed by atoms with Gasteiger partial charge in [-0.25, -0.2) is 0 Å². The van der Waals surface area contributed by atoms with Crippen LogP contribution in [-0.4, -0.2) is 17.4 Å². The zero-order chi connectivity index (χ0) is 14.5. The molecule has 1 saturated heterocycles. The summed E-state index contributed by atoms with van der Waals surface area (Å²) < 4.78 is 5.15. The van der Waals surface area contributed by atoms with E-state index in [0.717, 1.165) is 6.42 Å². The average molecular weight is 414 g/mol. The van der Waals surface area contributed by atoms with Crippen molar-refractivity contribution in [2.75, 3.05) is 0 Å². The Morgan fingerprint density at radius 2 is 1.45 bits per heavy atom. The van der Waals surface area contributed by atoms with Gasteiger partial charge >= 0.3 is 157 Å². The molecule has 0 aromatic heterocycles. The fraction of sp³-hybridized carbons (Fsp3) is 0.286. The molecule has 2 heterocycles. The predicted octanol–water partition coefficient (Wildman–Crippen LogP) is 0.647. The van der Waals surface area contributed by atoms with Crippen LogP contribution in [0.3, 0.4) is 0 Å². The van der Waals surface area contributed by atoms with E-state index in [1.807, 2.05) is 0 Å². The second-order valence-corrected chi connectivity index (χ2v) is 7.85. The Balaban J connectivity index is 0.000000160. The Bertz CT molecular complexity index is 566. The molecule has 6 heteroatoms. The van der Waals surface area contributed by atoms with Crippen molar-refractivity contribution in [2.45, 2.75) is 25.7 Å². The van der Waals surface area contributed by atoms with E-state index in [0.29, 0.717) is 0 Å². The molecule has 2 N–H and O–H groups in total. The Labute approximate surface area is 155 Å². The summed E-state index contributed by atoms with van der Waals surface area (Å²) in [6.07, 6.45) is 4.78. The van der Waals surface area contributed by atoms with Crippen LogP contribution in [-0.2, 0) is 74.3 Å². The molecule has 20 heavy (non-hydrogen) atoms. The van der Waals surface area contributed by atoms with E-state index < -0.39 is 0 Å². The van der Waals surface area contributed by atoms with Crippen LogP contribution in [0.2, 0.25) is 0 Å². The van der Waals surface area contributed by atoms with Crippen LogP contribution in [0.25, 0.3) is 0 Å². The minimum atomic E-state index is 1.03. The van der Waals surface area contributed by atoms with Crippen LogP contribution >= 0.6 is 0 Å². The third-order valence-corrected chi connectivity index (χ3v) is 5.03. The summed E-state index contributed by atoms with van der Waals surface area (Å²) in [6, 6.07) is 8.49. The molecule has 0 spiro atoms. The molecule has 0 radical (unpaired) electrons. The van der Waals surface area contributed by atoms with Crippen LogP contribution in [0.1, 0.15) is 30.4 Å². The first-order valence-electron chi connectivity index (χ1n) is 6.39. The summed E-state index contributed by atoms with van der Waals surface area (Å²) in [6.45, 7) is 0. The van der Waals surface area contributed by atoms with Crippen molar-refractivity contribution in [1.82, 2.24) is 10.6 Å². The Morgan fingerprint density at radius 1 is 0.800 bits per heavy atom. The zero-order valence-corrected chi connectivity index (χ0v) is 16.5. The molecule has 0 aliphatic carbocycles. The van der Waals surface area contributed by atoms with Gasteiger partial charge in [0, 0.05) is 0 Å². The molecule has 1 fully saturated rings. The molecule has 2 aliphatic rings. The van der Waals surface area contributed by atoms with Gasteiger partial charge in [0.05, 0.1) is 0 Å². The summed E-state index contributed by atoms with van der Waals surface area (Å²) in [5.41, 5.74) is 2.73. The maximum absolute atomic E-state index is 3.31. The molecular weight excluding hydrogens is 400 g/mol. The van der Waals surface area contributed by atoms with Crippen molar-refractivity contribution in [1.29, 1.82) is 0 Å². The van der Waals surface area contributed by atoms with E-state index in [2.05, 4.69) is 103 Å². The quantitative estimate of drug-likeness (QED) is 0.652. The van der Waals surface area contributed by atoms with Gasteiger partial charge in [0.15, 0.2) is 0 Å². The topological polar surface area (TPSA) is 24.1 Å². The summed E-state index contributed by atoms with van der Waals surface area (Å²) in [4.78, 5) is 0. The normalized spacial score (nSPS) is 18.0. The van der Waals surface area contributed by atoms with E-state index >= 15 is 0 Å². The standard InChI is InChI=1S/C9H7N.C5H7N.4V/c1-2-4-9-7-10-6-5-8(9)3-1;1-2-4-6-5-3-1;;;;/h1-4,10H,5H2;6H,1-3H2;;;;. The number of hydrogen-bond donors (Lipinski definition) is 2. The molecule has 0 amide bonds. The van der Waals surface area contributed by atoms with Crippen LogP contribution in [0.5, 0.6) is 0 Å². The summed E-state index contributed by atoms with van der Waals surface area (Å²) >= 11 is 10.3. The molecule has 100 valence electrons. The number of nitrogens with one attached hydrogen (secondary N) is 2. The van der Waals surface area contributed by atoms with Crippen LogP contribution in [0.4, 0.5) is 0 Å². The molecule has 3 rings (SSSR count). The van der Waals surface area contributed by atoms with Gasteiger partial charge in [0.2, 0.25) is 0 Å². The van der Waals surface area contributed by atoms with Gasteiger partial charge in [-0.15, -0.1) is 0 Å². The Kier molecular flexibility index (Phi) is 7.40. The van der Waals surface area contributed by atoms with Gasteiger partial charge < -0.3 is 0 Å². The molecule has 2 nitrogen and oxygen atoms in total. The number of piperidine rings is 1. The van der Waals surface area contributed by atoms with Gasteiger partial charge in [-0.1, -0.05) is 0 Å². The van der Waals surface area contributed by atoms with Crippen LogP contribution in [0.15, 0.2) is 24.3 Å². The second kappa shape index (κ2) is 8.55. The molecule has 0 unspecified atom stereocenters. The summed E-state index contributed by atoms with van der Waals surface area (Å²) in [5.74, 6) is 0. The molecule has 2 aliphatic heterocycles. The van der Waals surface area contributed by atoms with Gasteiger partial charge in [-0.05, 0) is 0 Å². The van der Waals surface area contributed by atoms with Crippen molar-refractivity contribution in [3.05, 3.63) is 35.4 Å². The Morgan fingerprint density at radius 3 is 2.05 bits per heavy atom. The number of hydrogen-bond acceptors (Lipinski definition) is 2. The number of fused-ring (bicyclic) bond motifs is 1. The van der Waals surface area contributed by atoms with Gasteiger partial charge in [0.25, 0.3) is 0 Å². The molecular formula is C14H14N2V4. The average Bonchev–Trinajstić information content (AvgIpc) is 2.39. The molecule has 0 saturated carbocycles. The van der Waals surface area contributed by atoms with Crippen molar-refractivity contribution >= 4 is 17.4 Å². The molecule has 1 aromatic carbocycles. The Hall–Kier alpha value is 0.958. The first-order valence-corrected chi connectivity index (χ1v) is 9.18. The first-order chi connectivity index (χ1) is 9.56. The van der Waals surface area contributed by atoms with Gasteiger partial charge in [0.1, 0.15) is 0 Å². The minimum absolute atomic E-state index is 1.03. The van der Waals surface area contributed by atoms with E-state index in [1.165, 1.54) is 47.8 Å². The fourth-order valence-corrected chi connectivity index (χ4v) is 4.41. The monoisotopic (exact) mass is 414 g/mol. The van der Waals surface area contributed by atoms with E-state index in [4.69, 9.17) is 0 Å². The van der Waals surface area contributed by atoms with Crippen LogP contribution in [0, 0.1) is 0 Å². The summed E-state index contributed by atoms with van der Waals surface area (Å²) in [7, 11) is 0.